The first kappa shape index (κ1) is 20.8. The molecule has 0 spiro atoms. The second kappa shape index (κ2) is 8.82. The van der Waals surface area contributed by atoms with Crippen molar-refractivity contribution in [2.24, 2.45) is 0 Å². The van der Waals surface area contributed by atoms with E-state index in [1.165, 1.54) is 5.56 Å². The Balaban J connectivity index is 1.43. The molecule has 6 nitrogen and oxygen atoms in total. The quantitative estimate of drug-likeness (QED) is 0.455. The number of nitrogens with one attached hydrogen (secondary N) is 1. The average molecular weight is 447 g/mol. The number of hydrogen-bond donors (Lipinski definition) is 1. The molecule has 3 heterocycles. The SMILES string of the molecule is C[C@H](CCc1ccccc1)NC(=O)Cn1c2ccccc2c2nc3n(c(=O)c21)CCCS3. The number of hydrogen-bond acceptors (Lipinski definition) is 4. The number of rotatable bonds is 6. The minimum Gasteiger partial charge on any atom is -0.352 e. The molecular formula is C25H26N4O2S. The van der Waals surface area contributed by atoms with E-state index >= 15 is 0 Å². The van der Waals surface area contributed by atoms with Crippen LogP contribution in [0.25, 0.3) is 21.9 Å². The van der Waals surface area contributed by atoms with Gasteiger partial charge in [-0.1, -0.05) is 60.3 Å². The minimum absolute atomic E-state index is 0.0409. The van der Waals surface area contributed by atoms with Crippen molar-refractivity contribution in [3.63, 3.8) is 0 Å². The summed E-state index contributed by atoms with van der Waals surface area (Å²) in [5, 5.41) is 4.80. The maximum absolute atomic E-state index is 13.4. The second-order valence-corrected chi connectivity index (χ2v) is 9.41. The van der Waals surface area contributed by atoms with Crippen LogP contribution in [0.15, 0.2) is 64.5 Å². The van der Waals surface area contributed by atoms with Crippen molar-refractivity contribution in [3.8, 4) is 0 Å². The Labute approximate surface area is 190 Å². The van der Waals surface area contributed by atoms with Gasteiger partial charge in [-0.25, -0.2) is 4.98 Å². The second-order valence-electron chi connectivity index (χ2n) is 8.35. The van der Waals surface area contributed by atoms with Crippen molar-refractivity contribution < 1.29 is 4.79 Å². The van der Waals surface area contributed by atoms with Gasteiger partial charge in [0.15, 0.2) is 5.16 Å². The van der Waals surface area contributed by atoms with Crippen LogP contribution in [0.1, 0.15) is 25.3 Å². The van der Waals surface area contributed by atoms with Gasteiger partial charge in [0.1, 0.15) is 17.6 Å². The maximum atomic E-state index is 13.4. The fraction of sp³-hybridized carbons (Fsp3) is 0.320. The summed E-state index contributed by atoms with van der Waals surface area (Å²) in [6, 6.07) is 18.1. The third-order valence-corrected chi connectivity index (χ3v) is 7.07. The average Bonchev–Trinajstić information content (AvgIpc) is 3.12. The summed E-state index contributed by atoms with van der Waals surface area (Å²) in [4.78, 5) is 31.2. The predicted molar refractivity (Wildman–Crippen MR) is 129 cm³/mol. The Morgan fingerprint density at radius 3 is 2.78 bits per heavy atom. The number of nitrogens with zero attached hydrogens (tertiary/aromatic N) is 3. The Morgan fingerprint density at radius 2 is 1.94 bits per heavy atom. The Morgan fingerprint density at radius 1 is 1.16 bits per heavy atom. The molecule has 5 rings (SSSR count). The third kappa shape index (κ3) is 3.93. The summed E-state index contributed by atoms with van der Waals surface area (Å²) >= 11 is 1.62. The van der Waals surface area contributed by atoms with Gasteiger partial charge in [0, 0.05) is 23.7 Å². The van der Waals surface area contributed by atoms with Crippen LogP contribution in [0.5, 0.6) is 0 Å². The first-order valence-corrected chi connectivity index (χ1v) is 12.1. The van der Waals surface area contributed by atoms with Crippen molar-refractivity contribution in [1.29, 1.82) is 0 Å². The Hall–Kier alpha value is -3.06. The fourth-order valence-electron chi connectivity index (χ4n) is 4.41. The zero-order chi connectivity index (χ0) is 22.1. The predicted octanol–water partition coefficient (Wildman–Crippen LogP) is 3.98. The van der Waals surface area contributed by atoms with Crippen LogP contribution >= 0.6 is 11.8 Å². The van der Waals surface area contributed by atoms with E-state index in [4.69, 9.17) is 4.98 Å². The van der Waals surface area contributed by atoms with Crippen LogP contribution in [0.4, 0.5) is 0 Å². The normalized spacial score (nSPS) is 14.4. The van der Waals surface area contributed by atoms with E-state index in [0.717, 1.165) is 41.1 Å². The Kier molecular flexibility index (Phi) is 5.74. The highest BCUT2D eigenvalue weighted by molar-refractivity contribution is 7.99. The van der Waals surface area contributed by atoms with E-state index in [1.54, 1.807) is 16.3 Å². The highest BCUT2D eigenvalue weighted by Gasteiger charge is 2.22. The molecule has 1 N–H and O–H groups in total. The number of carbonyl (C=O) groups is 1. The summed E-state index contributed by atoms with van der Waals surface area (Å²) in [6.07, 6.45) is 2.72. The van der Waals surface area contributed by atoms with Gasteiger partial charge in [-0.3, -0.25) is 14.2 Å². The number of benzene rings is 2. The molecule has 1 amide bonds. The van der Waals surface area contributed by atoms with E-state index in [1.807, 2.05) is 54.0 Å². The van der Waals surface area contributed by atoms with Crippen molar-refractivity contribution in [2.75, 3.05) is 5.75 Å². The first-order chi connectivity index (χ1) is 15.6. The summed E-state index contributed by atoms with van der Waals surface area (Å²) in [5.41, 5.74) is 3.28. The first-order valence-electron chi connectivity index (χ1n) is 11.1. The van der Waals surface area contributed by atoms with Crippen LogP contribution < -0.4 is 10.9 Å². The number of aromatic nitrogens is 3. The molecule has 164 valence electrons. The minimum atomic E-state index is -0.0929. The Bertz CT molecular complexity index is 1340. The molecule has 0 aliphatic carbocycles. The molecule has 0 saturated heterocycles. The van der Waals surface area contributed by atoms with Gasteiger partial charge in [0.2, 0.25) is 5.91 Å². The zero-order valence-corrected chi connectivity index (χ0v) is 18.9. The smallest absolute Gasteiger partial charge is 0.278 e. The van der Waals surface area contributed by atoms with Crippen LogP contribution in [0.3, 0.4) is 0 Å². The molecule has 1 atom stereocenters. The summed E-state index contributed by atoms with van der Waals surface area (Å²) in [5.74, 6) is 0.879. The lowest BCUT2D eigenvalue weighted by Crippen LogP contribution is -2.36. The molecular weight excluding hydrogens is 420 g/mol. The van der Waals surface area contributed by atoms with Crippen molar-refractivity contribution in [2.45, 2.75) is 50.5 Å². The molecule has 0 radical (unpaired) electrons. The van der Waals surface area contributed by atoms with Crippen LogP contribution in [0, 0.1) is 0 Å². The van der Waals surface area contributed by atoms with E-state index in [2.05, 4.69) is 17.4 Å². The number of fused-ring (bicyclic) bond motifs is 4. The summed E-state index contributed by atoms with van der Waals surface area (Å²) < 4.78 is 3.60. The van der Waals surface area contributed by atoms with Gasteiger partial charge in [-0.15, -0.1) is 0 Å². The molecule has 32 heavy (non-hydrogen) atoms. The molecule has 2 aromatic carbocycles. The number of aryl methyl sites for hydroxylation is 1. The van der Waals surface area contributed by atoms with Gasteiger partial charge >= 0.3 is 0 Å². The highest BCUT2D eigenvalue weighted by atomic mass is 32.2. The molecule has 1 aliphatic heterocycles. The third-order valence-electron chi connectivity index (χ3n) is 6.01. The van der Waals surface area contributed by atoms with Gasteiger partial charge in [-0.2, -0.15) is 0 Å². The number of para-hydroxylation sites is 1. The van der Waals surface area contributed by atoms with Gasteiger partial charge in [0.05, 0.1) is 5.52 Å². The lowest BCUT2D eigenvalue weighted by atomic mass is 10.1. The lowest BCUT2D eigenvalue weighted by molar-refractivity contribution is -0.122. The van der Waals surface area contributed by atoms with E-state index in [0.29, 0.717) is 17.6 Å². The molecule has 0 saturated carbocycles. The molecule has 2 aromatic heterocycles. The molecule has 4 aromatic rings. The molecule has 1 aliphatic rings. The van der Waals surface area contributed by atoms with Gasteiger partial charge < -0.3 is 9.88 Å². The van der Waals surface area contributed by atoms with Crippen LogP contribution in [-0.4, -0.2) is 31.8 Å². The fourth-order valence-corrected chi connectivity index (χ4v) is 5.35. The maximum Gasteiger partial charge on any atom is 0.278 e. The van der Waals surface area contributed by atoms with Crippen LogP contribution in [-0.2, 0) is 24.3 Å². The van der Waals surface area contributed by atoms with E-state index in [9.17, 15) is 9.59 Å². The zero-order valence-electron chi connectivity index (χ0n) is 18.1. The summed E-state index contributed by atoms with van der Waals surface area (Å²) in [7, 11) is 0. The van der Waals surface area contributed by atoms with Crippen molar-refractivity contribution in [1.82, 2.24) is 19.4 Å². The van der Waals surface area contributed by atoms with E-state index < -0.39 is 0 Å². The standard InChI is InChI=1S/C25H26N4O2S/c1-17(12-13-18-8-3-2-4-9-18)26-21(30)16-29-20-11-6-5-10-19(20)22-23(29)24(31)28-14-7-15-32-25(28)27-22/h2-6,8-11,17H,7,12-16H2,1H3,(H,26,30)/t17-/m1/s1. The van der Waals surface area contributed by atoms with Gasteiger partial charge in [0.25, 0.3) is 5.56 Å². The summed E-state index contributed by atoms with van der Waals surface area (Å²) in [6.45, 7) is 2.80. The molecule has 0 unspecified atom stereocenters. The monoisotopic (exact) mass is 446 g/mol. The van der Waals surface area contributed by atoms with Crippen LogP contribution in [0.2, 0.25) is 0 Å². The van der Waals surface area contributed by atoms with Crippen molar-refractivity contribution >= 4 is 39.6 Å². The lowest BCUT2D eigenvalue weighted by Gasteiger charge is -2.17. The number of thioether (sulfide) groups is 1. The molecule has 0 fully saturated rings. The molecule has 7 heteroatoms. The van der Waals surface area contributed by atoms with Gasteiger partial charge in [-0.05, 0) is 37.8 Å². The highest BCUT2D eigenvalue weighted by Crippen LogP contribution is 2.29. The molecule has 0 bridgehead atoms. The number of carbonyl (C=O) groups excluding carboxylic acids is 1. The van der Waals surface area contributed by atoms with Crippen molar-refractivity contribution in [3.05, 3.63) is 70.5 Å². The topological polar surface area (TPSA) is 68.9 Å². The number of amides is 1. The van der Waals surface area contributed by atoms with E-state index in [-0.39, 0.29) is 24.1 Å². The largest absolute Gasteiger partial charge is 0.352 e.